The van der Waals surface area contributed by atoms with Gasteiger partial charge < -0.3 is 9.47 Å². The number of carbonyl (C=O) groups excluding carboxylic acids is 1. The van der Waals surface area contributed by atoms with Gasteiger partial charge in [-0.05, 0) is 0 Å². The molecule has 20 heavy (non-hydrogen) atoms. The number of esters is 1. The molecule has 1 aromatic heterocycles. The van der Waals surface area contributed by atoms with Crippen molar-refractivity contribution in [3.8, 4) is 0 Å². The van der Waals surface area contributed by atoms with Crippen LogP contribution < -0.4 is 0 Å². The predicted molar refractivity (Wildman–Crippen MR) is 77.8 cm³/mol. The molecule has 1 unspecified atom stereocenters. The van der Waals surface area contributed by atoms with E-state index in [4.69, 9.17) is 9.47 Å². The number of morpholine rings is 1. The average molecular weight is 298 g/mol. The Morgan fingerprint density at radius 3 is 2.95 bits per heavy atom. The largest absolute Gasteiger partial charge is 0.468 e. The van der Waals surface area contributed by atoms with Crippen LogP contribution in [0.3, 0.4) is 0 Å². The van der Waals surface area contributed by atoms with Gasteiger partial charge >= 0.3 is 5.97 Å². The molecule has 112 valence electrons. The molecule has 1 aliphatic rings. The highest BCUT2D eigenvalue weighted by Gasteiger charge is 2.31. The lowest BCUT2D eigenvalue weighted by Crippen LogP contribution is -2.49. The lowest BCUT2D eigenvalue weighted by molar-refractivity contribution is -0.153. The number of hydrogen-bond donors (Lipinski definition) is 0. The number of carbonyl (C=O) groups is 1. The van der Waals surface area contributed by atoms with Crippen molar-refractivity contribution < 1.29 is 14.3 Å². The second-order valence-electron chi connectivity index (χ2n) is 5.98. The van der Waals surface area contributed by atoms with Crippen molar-refractivity contribution in [2.24, 2.45) is 0 Å². The van der Waals surface area contributed by atoms with E-state index in [0.29, 0.717) is 19.8 Å². The van der Waals surface area contributed by atoms with Gasteiger partial charge in [0, 0.05) is 23.9 Å². The molecular weight excluding hydrogens is 276 g/mol. The average Bonchev–Trinajstić information content (AvgIpc) is 2.87. The van der Waals surface area contributed by atoms with Gasteiger partial charge in [-0.1, -0.05) is 20.8 Å². The molecule has 2 heterocycles. The summed E-state index contributed by atoms with van der Waals surface area (Å²) in [6.07, 6.45) is 0. The number of thiazole rings is 1. The summed E-state index contributed by atoms with van der Waals surface area (Å²) in [5, 5.41) is 3.19. The third-order valence-corrected chi connectivity index (χ3v) is 4.59. The summed E-state index contributed by atoms with van der Waals surface area (Å²) in [6, 6.07) is -0.325. The maximum atomic E-state index is 11.8. The molecule has 1 aromatic rings. The number of ether oxygens (including phenoxy) is 2. The first-order chi connectivity index (χ1) is 9.41. The summed E-state index contributed by atoms with van der Waals surface area (Å²) in [6.45, 7) is 8.88. The van der Waals surface area contributed by atoms with Crippen LogP contribution >= 0.6 is 11.3 Å². The monoisotopic (exact) mass is 298 g/mol. The van der Waals surface area contributed by atoms with Crippen LogP contribution in [-0.2, 0) is 26.2 Å². The summed E-state index contributed by atoms with van der Waals surface area (Å²) in [7, 11) is 1.41. The molecule has 2 rings (SSSR count). The highest BCUT2D eigenvalue weighted by atomic mass is 32.1. The molecule has 5 nitrogen and oxygen atoms in total. The van der Waals surface area contributed by atoms with Gasteiger partial charge in [-0.15, -0.1) is 11.3 Å². The fraction of sp³-hybridized carbons (Fsp3) is 0.714. The number of aromatic nitrogens is 1. The van der Waals surface area contributed by atoms with E-state index < -0.39 is 0 Å². The van der Waals surface area contributed by atoms with Gasteiger partial charge in [-0.2, -0.15) is 0 Å². The number of nitrogens with zero attached hydrogens (tertiary/aromatic N) is 2. The molecule has 0 spiro atoms. The van der Waals surface area contributed by atoms with E-state index in [1.165, 1.54) is 7.11 Å². The Morgan fingerprint density at radius 1 is 1.60 bits per heavy atom. The van der Waals surface area contributed by atoms with Crippen LogP contribution in [0.15, 0.2) is 5.38 Å². The van der Waals surface area contributed by atoms with Gasteiger partial charge in [0.2, 0.25) is 0 Å². The Hall–Kier alpha value is -0.980. The first-order valence-electron chi connectivity index (χ1n) is 6.76. The molecule has 0 bridgehead atoms. The van der Waals surface area contributed by atoms with Gasteiger partial charge in [0.1, 0.15) is 6.04 Å². The first kappa shape index (κ1) is 15.4. The second kappa shape index (κ2) is 6.20. The van der Waals surface area contributed by atoms with Crippen molar-refractivity contribution in [3.05, 3.63) is 16.1 Å². The maximum Gasteiger partial charge on any atom is 0.325 e. The summed E-state index contributed by atoms with van der Waals surface area (Å²) in [5.74, 6) is -0.240. The van der Waals surface area contributed by atoms with Crippen LogP contribution in [0.4, 0.5) is 0 Å². The lowest BCUT2D eigenvalue weighted by atomic mass is 9.98. The minimum Gasteiger partial charge on any atom is -0.468 e. The van der Waals surface area contributed by atoms with Crippen molar-refractivity contribution in [2.75, 3.05) is 26.9 Å². The molecule has 6 heteroatoms. The molecule has 0 aromatic carbocycles. The zero-order valence-electron chi connectivity index (χ0n) is 12.5. The van der Waals surface area contributed by atoms with E-state index >= 15 is 0 Å². The molecule has 0 N–H and O–H groups in total. The van der Waals surface area contributed by atoms with Crippen molar-refractivity contribution >= 4 is 17.3 Å². The van der Waals surface area contributed by atoms with Crippen LogP contribution in [0.5, 0.6) is 0 Å². The molecule has 1 fully saturated rings. The Kier molecular flexibility index (Phi) is 4.78. The summed E-state index contributed by atoms with van der Waals surface area (Å²) >= 11 is 1.68. The van der Waals surface area contributed by atoms with Crippen LogP contribution in [0.2, 0.25) is 0 Å². The van der Waals surface area contributed by atoms with Gasteiger partial charge in [0.15, 0.2) is 0 Å². The maximum absolute atomic E-state index is 11.8. The number of hydrogen-bond acceptors (Lipinski definition) is 6. The summed E-state index contributed by atoms with van der Waals surface area (Å²) < 4.78 is 10.2. The zero-order valence-corrected chi connectivity index (χ0v) is 13.3. The fourth-order valence-corrected chi connectivity index (χ4v) is 3.01. The lowest BCUT2D eigenvalue weighted by Gasteiger charge is -2.32. The van der Waals surface area contributed by atoms with E-state index in [9.17, 15) is 4.79 Å². The van der Waals surface area contributed by atoms with Gasteiger partial charge in [0.25, 0.3) is 0 Å². The van der Waals surface area contributed by atoms with Crippen LogP contribution in [0.1, 0.15) is 31.5 Å². The first-order valence-corrected chi connectivity index (χ1v) is 7.64. The van der Waals surface area contributed by atoms with E-state index in [-0.39, 0.29) is 17.4 Å². The highest BCUT2D eigenvalue weighted by molar-refractivity contribution is 7.09. The highest BCUT2D eigenvalue weighted by Crippen LogP contribution is 2.26. The minimum atomic E-state index is -0.325. The van der Waals surface area contributed by atoms with Gasteiger partial charge in [0.05, 0.1) is 31.0 Å². The summed E-state index contributed by atoms with van der Waals surface area (Å²) in [5.41, 5.74) is 1.08. The molecule has 1 aliphatic heterocycles. The number of rotatable bonds is 3. The van der Waals surface area contributed by atoms with Crippen molar-refractivity contribution in [2.45, 2.75) is 38.8 Å². The summed E-state index contributed by atoms with van der Waals surface area (Å²) in [4.78, 5) is 18.5. The van der Waals surface area contributed by atoms with Crippen LogP contribution in [-0.4, -0.2) is 48.8 Å². The van der Waals surface area contributed by atoms with Crippen LogP contribution in [0.25, 0.3) is 0 Å². The molecule has 0 saturated carbocycles. The van der Waals surface area contributed by atoms with Crippen molar-refractivity contribution in [3.63, 3.8) is 0 Å². The molecular formula is C14H22N2O3S. The molecule has 1 atom stereocenters. The molecule has 0 radical (unpaired) electrons. The van der Waals surface area contributed by atoms with Crippen molar-refractivity contribution in [1.29, 1.82) is 0 Å². The Morgan fingerprint density at radius 2 is 2.35 bits per heavy atom. The zero-order chi connectivity index (χ0) is 14.8. The van der Waals surface area contributed by atoms with E-state index in [2.05, 4.69) is 36.0 Å². The third kappa shape index (κ3) is 3.56. The minimum absolute atomic E-state index is 0.0652. The van der Waals surface area contributed by atoms with Gasteiger partial charge in [-0.25, -0.2) is 4.98 Å². The molecule has 0 aliphatic carbocycles. The van der Waals surface area contributed by atoms with E-state index in [1.807, 2.05) is 0 Å². The Labute approximate surface area is 123 Å². The molecule has 0 amide bonds. The second-order valence-corrected chi connectivity index (χ2v) is 6.84. The molecule has 1 saturated heterocycles. The predicted octanol–water partition coefficient (Wildman–Crippen LogP) is 1.81. The quantitative estimate of drug-likeness (QED) is 0.797. The Balaban J connectivity index is 2.07. The standard InChI is InChI=1S/C14H22N2O3S/c1-14(2,3)13-15-10(9-20-13)7-16-5-6-19-8-11(16)12(17)18-4/h9,11H,5-8H2,1-4H3. The van der Waals surface area contributed by atoms with Gasteiger partial charge in [-0.3, -0.25) is 9.69 Å². The van der Waals surface area contributed by atoms with Crippen molar-refractivity contribution in [1.82, 2.24) is 9.88 Å². The normalized spacial score (nSPS) is 20.9. The smallest absolute Gasteiger partial charge is 0.325 e. The van der Waals surface area contributed by atoms with E-state index in [0.717, 1.165) is 17.2 Å². The number of methoxy groups -OCH3 is 1. The SMILES string of the molecule is COC(=O)C1COCCN1Cc1csc(C(C)(C)C)n1. The topological polar surface area (TPSA) is 51.7 Å². The third-order valence-electron chi connectivity index (χ3n) is 3.27. The van der Waals surface area contributed by atoms with Crippen LogP contribution in [0, 0.1) is 0 Å². The Bertz CT molecular complexity index is 467. The fourth-order valence-electron chi connectivity index (χ4n) is 2.11. The van der Waals surface area contributed by atoms with E-state index in [1.54, 1.807) is 11.3 Å².